The van der Waals surface area contributed by atoms with Crippen molar-refractivity contribution in [3.63, 3.8) is 0 Å². The molecule has 2 aromatic carbocycles. The van der Waals surface area contributed by atoms with E-state index in [0.29, 0.717) is 12.2 Å². The van der Waals surface area contributed by atoms with Gasteiger partial charge in [0, 0.05) is 6.42 Å². The maximum atomic E-state index is 11.9. The largest absolute Gasteiger partial charge is 0.484 e. The first kappa shape index (κ1) is 20.8. The molecule has 152 valence electrons. The van der Waals surface area contributed by atoms with Crippen molar-refractivity contribution in [2.75, 3.05) is 6.61 Å². The SMILES string of the molecule is Cc1cc(C)cc(OCC(=O)NNC(=O)CCCCc2nc3ccccc3s2)c1. The number of hydrazine groups is 1. The third-order valence-electron chi connectivity index (χ3n) is 4.29. The molecule has 0 spiro atoms. The minimum atomic E-state index is -0.396. The maximum absolute atomic E-state index is 11.9. The second-order valence-corrected chi connectivity index (χ2v) is 8.11. The minimum Gasteiger partial charge on any atom is -0.484 e. The summed E-state index contributed by atoms with van der Waals surface area (Å²) in [5.41, 5.74) is 7.98. The molecule has 3 rings (SSSR count). The van der Waals surface area contributed by atoms with Crippen molar-refractivity contribution in [3.05, 3.63) is 58.6 Å². The molecule has 0 saturated carbocycles. The Morgan fingerprint density at radius 2 is 1.72 bits per heavy atom. The number of aromatic nitrogens is 1. The number of nitrogens with one attached hydrogen (secondary N) is 2. The molecule has 0 aliphatic heterocycles. The fourth-order valence-corrected chi connectivity index (χ4v) is 4.00. The number of hydrogen-bond donors (Lipinski definition) is 2. The van der Waals surface area contributed by atoms with E-state index in [-0.39, 0.29) is 12.5 Å². The summed E-state index contributed by atoms with van der Waals surface area (Å²) in [5, 5.41) is 1.09. The summed E-state index contributed by atoms with van der Waals surface area (Å²) in [6, 6.07) is 13.8. The Hall–Kier alpha value is -2.93. The Morgan fingerprint density at radius 3 is 2.48 bits per heavy atom. The van der Waals surface area contributed by atoms with Crippen molar-refractivity contribution in [2.24, 2.45) is 0 Å². The summed E-state index contributed by atoms with van der Waals surface area (Å²) in [6.07, 6.45) is 2.81. The van der Waals surface area contributed by atoms with Gasteiger partial charge in [-0.1, -0.05) is 18.2 Å². The quantitative estimate of drug-likeness (QED) is 0.436. The lowest BCUT2D eigenvalue weighted by Gasteiger charge is -2.10. The highest BCUT2D eigenvalue weighted by Gasteiger charge is 2.07. The Bertz CT molecular complexity index is 947. The topological polar surface area (TPSA) is 80.3 Å². The van der Waals surface area contributed by atoms with Gasteiger partial charge in [0.25, 0.3) is 5.91 Å². The van der Waals surface area contributed by atoms with Gasteiger partial charge in [-0.3, -0.25) is 20.4 Å². The van der Waals surface area contributed by atoms with Gasteiger partial charge >= 0.3 is 0 Å². The smallest absolute Gasteiger partial charge is 0.276 e. The third kappa shape index (κ3) is 6.57. The van der Waals surface area contributed by atoms with Crippen LogP contribution in [0.2, 0.25) is 0 Å². The van der Waals surface area contributed by atoms with E-state index in [0.717, 1.165) is 40.9 Å². The zero-order valence-corrected chi connectivity index (χ0v) is 17.5. The molecule has 7 heteroatoms. The molecule has 0 saturated heterocycles. The van der Waals surface area contributed by atoms with E-state index in [4.69, 9.17) is 4.74 Å². The van der Waals surface area contributed by atoms with Crippen LogP contribution in [0.4, 0.5) is 0 Å². The standard InChI is InChI=1S/C22H25N3O3S/c1-15-11-16(2)13-17(12-15)28-14-21(27)25-24-20(26)9-5-6-10-22-23-18-7-3-4-8-19(18)29-22/h3-4,7-8,11-13H,5-6,9-10,14H2,1-2H3,(H,24,26)(H,25,27). The number of hydrogen-bond acceptors (Lipinski definition) is 5. The second kappa shape index (κ2) is 10.0. The molecule has 3 aromatic rings. The van der Waals surface area contributed by atoms with Crippen LogP contribution in [0.3, 0.4) is 0 Å². The van der Waals surface area contributed by atoms with Crippen molar-refractivity contribution in [3.8, 4) is 5.75 Å². The number of fused-ring (bicyclic) bond motifs is 1. The summed E-state index contributed by atoms with van der Waals surface area (Å²) in [4.78, 5) is 28.3. The molecule has 2 N–H and O–H groups in total. The molecular formula is C22H25N3O3S. The van der Waals surface area contributed by atoms with Gasteiger partial charge in [-0.05, 0) is 68.5 Å². The number of thiazole rings is 1. The average Bonchev–Trinajstić information content (AvgIpc) is 3.10. The van der Waals surface area contributed by atoms with Crippen molar-refractivity contribution < 1.29 is 14.3 Å². The molecule has 0 bridgehead atoms. The van der Waals surface area contributed by atoms with Gasteiger partial charge in [0.1, 0.15) is 5.75 Å². The van der Waals surface area contributed by atoms with Crippen LogP contribution >= 0.6 is 11.3 Å². The Kier molecular flexibility index (Phi) is 7.19. The number of ether oxygens (including phenoxy) is 1. The molecule has 6 nitrogen and oxygen atoms in total. The van der Waals surface area contributed by atoms with E-state index in [1.54, 1.807) is 11.3 Å². The van der Waals surface area contributed by atoms with Crippen LogP contribution in [0.25, 0.3) is 10.2 Å². The van der Waals surface area contributed by atoms with Crippen LogP contribution in [0.1, 0.15) is 35.4 Å². The summed E-state index contributed by atoms with van der Waals surface area (Å²) in [6.45, 7) is 3.79. The van der Waals surface area contributed by atoms with Crippen molar-refractivity contribution in [1.82, 2.24) is 15.8 Å². The number of aryl methyl sites for hydroxylation is 3. The van der Waals surface area contributed by atoms with Gasteiger partial charge in [0.2, 0.25) is 5.91 Å². The van der Waals surface area contributed by atoms with E-state index >= 15 is 0 Å². The molecule has 0 atom stereocenters. The van der Waals surface area contributed by atoms with Gasteiger partial charge in [0.15, 0.2) is 6.61 Å². The van der Waals surface area contributed by atoms with E-state index in [2.05, 4.69) is 21.9 Å². The first-order chi connectivity index (χ1) is 14.0. The van der Waals surface area contributed by atoms with Gasteiger partial charge in [-0.2, -0.15) is 0 Å². The number of carbonyl (C=O) groups excluding carboxylic acids is 2. The number of unbranched alkanes of at least 4 members (excludes halogenated alkanes) is 1. The van der Waals surface area contributed by atoms with Crippen LogP contribution in [-0.4, -0.2) is 23.4 Å². The summed E-state index contributed by atoms with van der Waals surface area (Å²) in [7, 11) is 0. The molecule has 0 radical (unpaired) electrons. The molecular weight excluding hydrogens is 386 g/mol. The Balaban J connectivity index is 1.30. The first-order valence-corrected chi connectivity index (χ1v) is 10.4. The van der Waals surface area contributed by atoms with Crippen LogP contribution in [0.5, 0.6) is 5.75 Å². The van der Waals surface area contributed by atoms with E-state index in [1.807, 2.05) is 50.2 Å². The molecule has 2 amide bonds. The van der Waals surface area contributed by atoms with E-state index in [1.165, 1.54) is 4.70 Å². The lowest BCUT2D eigenvalue weighted by Crippen LogP contribution is -2.43. The van der Waals surface area contributed by atoms with Gasteiger partial charge < -0.3 is 4.74 Å². The summed E-state index contributed by atoms with van der Waals surface area (Å²) < 4.78 is 6.65. The first-order valence-electron chi connectivity index (χ1n) is 9.63. The molecule has 1 heterocycles. The number of carbonyl (C=O) groups is 2. The molecule has 0 unspecified atom stereocenters. The highest BCUT2D eigenvalue weighted by Crippen LogP contribution is 2.22. The molecule has 29 heavy (non-hydrogen) atoms. The normalized spacial score (nSPS) is 10.7. The second-order valence-electron chi connectivity index (χ2n) is 6.99. The lowest BCUT2D eigenvalue weighted by molar-refractivity contribution is -0.130. The number of para-hydroxylation sites is 1. The number of benzene rings is 2. The average molecular weight is 412 g/mol. The predicted molar refractivity (Wildman–Crippen MR) is 115 cm³/mol. The zero-order valence-electron chi connectivity index (χ0n) is 16.7. The summed E-state index contributed by atoms with van der Waals surface area (Å²) in [5.74, 6) is 0.0276. The number of nitrogens with zero attached hydrogens (tertiary/aromatic N) is 1. The highest BCUT2D eigenvalue weighted by atomic mass is 32.1. The maximum Gasteiger partial charge on any atom is 0.276 e. The monoisotopic (exact) mass is 411 g/mol. The van der Waals surface area contributed by atoms with Gasteiger partial charge in [0.05, 0.1) is 15.2 Å². The Morgan fingerprint density at radius 1 is 1.00 bits per heavy atom. The van der Waals surface area contributed by atoms with Crippen molar-refractivity contribution in [2.45, 2.75) is 39.5 Å². The van der Waals surface area contributed by atoms with Crippen LogP contribution in [0, 0.1) is 13.8 Å². The van der Waals surface area contributed by atoms with Crippen LogP contribution in [0.15, 0.2) is 42.5 Å². The molecule has 0 fully saturated rings. The molecule has 1 aromatic heterocycles. The molecule has 0 aliphatic carbocycles. The Labute approximate surface area is 174 Å². The zero-order chi connectivity index (χ0) is 20.6. The van der Waals surface area contributed by atoms with E-state index in [9.17, 15) is 9.59 Å². The third-order valence-corrected chi connectivity index (χ3v) is 5.39. The van der Waals surface area contributed by atoms with Crippen LogP contribution < -0.4 is 15.6 Å². The lowest BCUT2D eigenvalue weighted by atomic mass is 10.1. The van der Waals surface area contributed by atoms with Crippen molar-refractivity contribution in [1.29, 1.82) is 0 Å². The minimum absolute atomic E-state index is 0.152. The highest BCUT2D eigenvalue weighted by molar-refractivity contribution is 7.18. The molecule has 0 aliphatic rings. The number of amides is 2. The number of rotatable bonds is 8. The van der Waals surface area contributed by atoms with Crippen LogP contribution in [-0.2, 0) is 16.0 Å². The summed E-state index contributed by atoms with van der Waals surface area (Å²) >= 11 is 1.69. The van der Waals surface area contributed by atoms with Gasteiger partial charge in [-0.15, -0.1) is 11.3 Å². The predicted octanol–water partition coefficient (Wildman–Crippen LogP) is 3.85. The van der Waals surface area contributed by atoms with E-state index < -0.39 is 5.91 Å². The fourth-order valence-electron chi connectivity index (χ4n) is 2.99. The van der Waals surface area contributed by atoms with Crippen molar-refractivity contribution >= 4 is 33.4 Å². The van der Waals surface area contributed by atoms with Gasteiger partial charge in [-0.25, -0.2) is 4.98 Å². The fraction of sp³-hybridized carbons (Fsp3) is 0.318.